The van der Waals surface area contributed by atoms with Gasteiger partial charge in [0.2, 0.25) is 0 Å². The van der Waals surface area contributed by atoms with E-state index in [1.165, 1.54) is 13.2 Å². The zero-order valence-corrected chi connectivity index (χ0v) is 8.50. The van der Waals surface area contributed by atoms with Crippen molar-refractivity contribution in [3.8, 4) is 5.75 Å². The van der Waals surface area contributed by atoms with Crippen molar-refractivity contribution in [2.45, 2.75) is 19.8 Å². The molecular formula is C11H13FO2. The van der Waals surface area contributed by atoms with Gasteiger partial charge in [0, 0.05) is 11.5 Å². The van der Waals surface area contributed by atoms with E-state index >= 15 is 0 Å². The second-order valence-electron chi connectivity index (χ2n) is 3.27. The minimum Gasteiger partial charge on any atom is -0.496 e. The molecule has 0 spiro atoms. The first-order chi connectivity index (χ1) is 6.60. The molecule has 0 aliphatic heterocycles. The van der Waals surface area contributed by atoms with Gasteiger partial charge in [-0.3, -0.25) is 0 Å². The highest BCUT2D eigenvalue weighted by Crippen LogP contribution is 2.28. The summed E-state index contributed by atoms with van der Waals surface area (Å²) in [6.45, 7) is 3.37. The third-order valence-corrected chi connectivity index (χ3v) is 2.21. The number of aldehydes is 1. The zero-order chi connectivity index (χ0) is 10.7. The predicted molar refractivity (Wildman–Crippen MR) is 52.2 cm³/mol. The molecule has 0 fully saturated rings. The molecule has 1 rings (SSSR count). The Kier molecular flexibility index (Phi) is 3.23. The molecule has 0 saturated heterocycles. The van der Waals surface area contributed by atoms with Gasteiger partial charge in [-0.2, -0.15) is 0 Å². The fourth-order valence-corrected chi connectivity index (χ4v) is 1.28. The van der Waals surface area contributed by atoms with E-state index in [9.17, 15) is 9.18 Å². The number of ether oxygens (including phenoxy) is 1. The molecule has 1 aromatic rings. The van der Waals surface area contributed by atoms with Crippen LogP contribution in [0.25, 0.3) is 0 Å². The maximum Gasteiger partial charge on any atom is 0.127 e. The number of methoxy groups -OCH3 is 1. The maximum absolute atomic E-state index is 13.2. The summed E-state index contributed by atoms with van der Waals surface area (Å²) in [5, 5.41) is 0. The molecule has 1 unspecified atom stereocenters. The van der Waals surface area contributed by atoms with Crippen molar-refractivity contribution in [1.82, 2.24) is 0 Å². The largest absolute Gasteiger partial charge is 0.496 e. The molecule has 3 heteroatoms. The van der Waals surface area contributed by atoms with Crippen molar-refractivity contribution in [2.75, 3.05) is 7.11 Å². The highest BCUT2D eigenvalue weighted by atomic mass is 19.1. The normalized spacial score (nSPS) is 12.3. The van der Waals surface area contributed by atoms with Gasteiger partial charge in [0.05, 0.1) is 7.11 Å². The molecule has 0 bridgehead atoms. The van der Waals surface area contributed by atoms with Crippen LogP contribution in [0.4, 0.5) is 4.39 Å². The third kappa shape index (κ3) is 1.92. The predicted octanol–water partition coefficient (Wildman–Crippen LogP) is 2.45. The van der Waals surface area contributed by atoms with Gasteiger partial charge in [0.15, 0.2) is 0 Å². The van der Waals surface area contributed by atoms with Crippen molar-refractivity contribution in [2.24, 2.45) is 0 Å². The number of carbonyl (C=O) groups excluding carboxylic acids is 1. The molecule has 0 amide bonds. The molecule has 1 aromatic carbocycles. The molecule has 14 heavy (non-hydrogen) atoms. The molecule has 76 valence electrons. The smallest absolute Gasteiger partial charge is 0.127 e. The summed E-state index contributed by atoms with van der Waals surface area (Å²) in [5.74, 6) is -0.0990. The van der Waals surface area contributed by atoms with Crippen molar-refractivity contribution >= 4 is 6.29 Å². The lowest BCUT2D eigenvalue weighted by Gasteiger charge is -2.12. The first-order valence-electron chi connectivity index (χ1n) is 4.39. The Morgan fingerprint density at radius 3 is 2.64 bits per heavy atom. The van der Waals surface area contributed by atoms with Gasteiger partial charge in [-0.15, -0.1) is 0 Å². The Bertz CT molecular complexity index is 347. The molecule has 0 aromatic heterocycles. The first kappa shape index (κ1) is 10.7. The van der Waals surface area contributed by atoms with Crippen LogP contribution >= 0.6 is 0 Å². The lowest BCUT2D eigenvalue weighted by molar-refractivity contribution is -0.108. The SMILES string of the molecule is COc1cc(C)c(F)cc1C(C)C=O. The second kappa shape index (κ2) is 4.22. The van der Waals surface area contributed by atoms with E-state index < -0.39 is 0 Å². The van der Waals surface area contributed by atoms with E-state index in [0.717, 1.165) is 6.29 Å². The molecule has 0 aliphatic carbocycles. The Labute approximate surface area is 82.7 Å². The average Bonchev–Trinajstić information content (AvgIpc) is 2.20. The standard InChI is InChI=1S/C11H13FO2/c1-7-4-11(14-3)9(5-10(7)12)8(2)6-13/h4-6,8H,1-3H3. The van der Waals surface area contributed by atoms with Gasteiger partial charge in [-0.25, -0.2) is 4.39 Å². The molecule has 0 heterocycles. The Balaban J connectivity index is 3.26. The van der Waals surface area contributed by atoms with Gasteiger partial charge in [0.25, 0.3) is 0 Å². The minimum absolute atomic E-state index is 0.311. The van der Waals surface area contributed by atoms with Gasteiger partial charge < -0.3 is 9.53 Å². The van der Waals surface area contributed by atoms with Crippen molar-refractivity contribution in [1.29, 1.82) is 0 Å². The van der Waals surface area contributed by atoms with Crippen molar-refractivity contribution in [3.05, 3.63) is 29.1 Å². The molecule has 0 radical (unpaired) electrons. The Morgan fingerprint density at radius 1 is 1.50 bits per heavy atom. The zero-order valence-electron chi connectivity index (χ0n) is 8.50. The number of rotatable bonds is 3. The average molecular weight is 196 g/mol. The van der Waals surface area contributed by atoms with E-state index in [4.69, 9.17) is 4.74 Å². The molecule has 1 atom stereocenters. The summed E-state index contributed by atoms with van der Waals surface area (Å²) >= 11 is 0. The highest BCUT2D eigenvalue weighted by Gasteiger charge is 2.13. The quantitative estimate of drug-likeness (QED) is 0.694. The van der Waals surface area contributed by atoms with Crippen LogP contribution in [0.15, 0.2) is 12.1 Å². The second-order valence-corrected chi connectivity index (χ2v) is 3.27. The summed E-state index contributed by atoms with van der Waals surface area (Å²) in [7, 11) is 1.51. The van der Waals surface area contributed by atoms with Gasteiger partial charge in [-0.1, -0.05) is 6.92 Å². The van der Waals surface area contributed by atoms with Gasteiger partial charge >= 0.3 is 0 Å². The van der Waals surface area contributed by atoms with Crippen LogP contribution in [0.3, 0.4) is 0 Å². The van der Waals surface area contributed by atoms with Crippen LogP contribution < -0.4 is 4.74 Å². The highest BCUT2D eigenvalue weighted by molar-refractivity contribution is 5.64. The fourth-order valence-electron chi connectivity index (χ4n) is 1.28. The fraction of sp³-hybridized carbons (Fsp3) is 0.364. The van der Waals surface area contributed by atoms with E-state index in [0.29, 0.717) is 16.9 Å². The van der Waals surface area contributed by atoms with E-state index in [2.05, 4.69) is 0 Å². The van der Waals surface area contributed by atoms with Gasteiger partial charge in [-0.05, 0) is 24.6 Å². The van der Waals surface area contributed by atoms with Crippen LogP contribution in [-0.4, -0.2) is 13.4 Å². The third-order valence-electron chi connectivity index (χ3n) is 2.21. The minimum atomic E-state index is -0.347. The molecule has 0 aliphatic rings. The van der Waals surface area contributed by atoms with E-state index in [1.807, 2.05) is 0 Å². The summed E-state index contributed by atoms with van der Waals surface area (Å²) in [6.07, 6.45) is 0.770. The molecule has 2 nitrogen and oxygen atoms in total. The van der Waals surface area contributed by atoms with Crippen LogP contribution in [0.1, 0.15) is 24.0 Å². The summed E-state index contributed by atoms with van der Waals surface area (Å²) in [4.78, 5) is 10.6. The van der Waals surface area contributed by atoms with Crippen LogP contribution in [-0.2, 0) is 4.79 Å². The maximum atomic E-state index is 13.2. The van der Waals surface area contributed by atoms with Crippen LogP contribution in [0.5, 0.6) is 5.75 Å². The number of aryl methyl sites for hydroxylation is 1. The first-order valence-corrected chi connectivity index (χ1v) is 4.39. The number of carbonyl (C=O) groups is 1. The van der Waals surface area contributed by atoms with Gasteiger partial charge in [0.1, 0.15) is 17.9 Å². The topological polar surface area (TPSA) is 26.3 Å². The lowest BCUT2D eigenvalue weighted by Crippen LogP contribution is -2.00. The summed E-state index contributed by atoms with van der Waals surface area (Å²) < 4.78 is 18.3. The van der Waals surface area contributed by atoms with Crippen LogP contribution in [0, 0.1) is 12.7 Å². The summed E-state index contributed by atoms with van der Waals surface area (Å²) in [5.41, 5.74) is 1.11. The molecule has 0 saturated carbocycles. The number of hydrogen-bond donors (Lipinski definition) is 0. The van der Waals surface area contributed by atoms with E-state index in [-0.39, 0.29) is 11.7 Å². The Hall–Kier alpha value is -1.38. The lowest BCUT2D eigenvalue weighted by atomic mass is 10.00. The van der Waals surface area contributed by atoms with Crippen molar-refractivity contribution < 1.29 is 13.9 Å². The van der Waals surface area contributed by atoms with Crippen LogP contribution in [0.2, 0.25) is 0 Å². The molecular weight excluding hydrogens is 183 g/mol. The summed E-state index contributed by atoms with van der Waals surface area (Å²) in [6, 6.07) is 2.96. The van der Waals surface area contributed by atoms with Crippen molar-refractivity contribution in [3.63, 3.8) is 0 Å². The Morgan fingerprint density at radius 2 is 2.14 bits per heavy atom. The van der Waals surface area contributed by atoms with E-state index in [1.54, 1.807) is 19.9 Å². The number of hydrogen-bond acceptors (Lipinski definition) is 2. The monoisotopic (exact) mass is 196 g/mol. The molecule has 0 N–H and O–H groups in total. The number of benzene rings is 1. The number of halogens is 1.